The molecule has 86 valence electrons. The van der Waals surface area contributed by atoms with E-state index in [4.69, 9.17) is 0 Å². The van der Waals surface area contributed by atoms with Crippen molar-refractivity contribution in [3.63, 3.8) is 0 Å². The lowest BCUT2D eigenvalue weighted by Gasteiger charge is -2.06. The molecule has 0 aliphatic rings. The van der Waals surface area contributed by atoms with Crippen molar-refractivity contribution in [1.29, 1.82) is 0 Å². The van der Waals surface area contributed by atoms with Crippen LogP contribution < -0.4 is 0 Å². The summed E-state index contributed by atoms with van der Waals surface area (Å²) in [6.45, 7) is 1.60. The zero-order valence-corrected chi connectivity index (χ0v) is 9.89. The number of aromatic nitrogens is 1. The van der Waals surface area contributed by atoms with Crippen LogP contribution in [0.25, 0.3) is 0 Å². The van der Waals surface area contributed by atoms with Gasteiger partial charge in [-0.3, -0.25) is 9.78 Å². The van der Waals surface area contributed by atoms with E-state index in [1.165, 1.54) is 5.56 Å². The second-order valence-electron chi connectivity index (χ2n) is 4.07. The number of hydrogen-bond donors (Lipinski definition) is 0. The molecule has 0 unspecified atom stereocenters. The minimum atomic E-state index is 0.107. The average molecular weight is 225 g/mol. The van der Waals surface area contributed by atoms with Crippen LogP contribution in [0, 0.1) is 0 Å². The molecule has 2 rings (SSSR count). The van der Waals surface area contributed by atoms with Gasteiger partial charge in [0.05, 0.1) is 0 Å². The monoisotopic (exact) mass is 225 g/mol. The number of carbonyl (C=O) groups excluding carboxylic acids is 1. The highest BCUT2D eigenvalue weighted by molar-refractivity contribution is 5.95. The van der Waals surface area contributed by atoms with E-state index < -0.39 is 0 Å². The number of ketones is 1. The minimum Gasteiger partial charge on any atom is -0.294 e. The molecule has 0 spiro atoms. The molecule has 2 aromatic rings. The summed E-state index contributed by atoms with van der Waals surface area (Å²) in [5.74, 6) is 0.107. The van der Waals surface area contributed by atoms with Crippen LogP contribution in [0.4, 0.5) is 0 Å². The lowest BCUT2D eigenvalue weighted by molar-refractivity contribution is 0.101. The molecule has 0 radical (unpaired) electrons. The second-order valence-corrected chi connectivity index (χ2v) is 4.07. The van der Waals surface area contributed by atoms with Gasteiger partial charge in [-0.25, -0.2) is 0 Å². The van der Waals surface area contributed by atoms with Crippen molar-refractivity contribution in [2.45, 2.75) is 19.8 Å². The maximum Gasteiger partial charge on any atom is 0.160 e. The molecule has 0 saturated heterocycles. The Morgan fingerprint density at radius 3 is 2.59 bits per heavy atom. The van der Waals surface area contributed by atoms with Crippen molar-refractivity contribution in [3.8, 4) is 0 Å². The number of pyridine rings is 1. The molecule has 0 fully saturated rings. The van der Waals surface area contributed by atoms with Gasteiger partial charge >= 0.3 is 0 Å². The van der Waals surface area contributed by atoms with Crippen molar-refractivity contribution in [2.24, 2.45) is 0 Å². The summed E-state index contributed by atoms with van der Waals surface area (Å²) in [4.78, 5) is 15.5. The average Bonchev–Trinajstić information content (AvgIpc) is 2.38. The first kappa shape index (κ1) is 11.5. The fraction of sp³-hybridized carbons (Fsp3) is 0.200. The molecule has 0 amide bonds. The smallest absolute Gasteiger partial charge is 0.160 e. The molecule has 1 aromatic heterocycles. The van der Waals surface area contributed by atoms with Gasteiger partial charge in [-0.05, 0) is 37.0 Å². The molecule has 0 N–H and O–H groups in total. The second kappa shape index (κ2) is 5.39. The van der Waals surface area contributed by atoms with Crippen LogP contribution >= 0.6 is 0 Å². The van der Waals surface area contributed by atoms with Crippen molar-refractivity contribution < 1.29 is 4.79 Å². The third-order valence-electron chi connectivity index (χ3n) is 2.81. The summed E-state index contributed by atoms with van der Waals surface area (Å²) < 4.78 is 0. The predicted octanol–water partition coefficient (Wildman–Crippen LogP) is 3.07. The fourth-order valence-corrected chi connectivity index (χ4v) is 1.89. The first-order valence-corrected chi connectivity index (χ1v) is 5.75. The molecule has 0 atom stereocenters. The molecule has 1 aromatic carbocycles. The number of Topliss-reactive ketones (excluding diaryl/α,β-unsaturated/α-hetero) is 1. The van der Waals surface area contributed by atoms with Crippen molar-refractivity contribution in [2.75, 3.05) is 0 Å². The molecule has 0 aliphatic carbocycles. The van der Waals surface area contributed by atoms with Crippen molar-refractivity contribution in [1.82, 2.24) is 4.98 Å². The van der Waals surface area contributed by atoms with E-state index >= 15 is 0 Å². The Labute approximate surface area is 101 Å². The van der Waals surface area contributed by atoms with Crippen LogP contribution in [0.5, 0.6) is 0 Å². The molecular weight excluding hydrogens is 210 g/mol. The number of nitrogens with zero attached hydrogens (tertiary/aromatic N) is 1. The van der Waals surface area contributed by atoms with E-state index in [9.17, 15) is 4.79 Å². The maximum atomic E-state index is 11.4. The zero-order valence-electron chi connectivity index (χ0n) is 9.89. The number of benzene rings is 1. The van der Waals surface area contributed by atoms with Gasteiger partial charge in [0.25, 0.3) is 0 Å². The molecule has 17 heavy (non-hydrogen) atoms. The van der Waals surface area contributed by atoms with Crippen LogP contribution in [0.2, 0.25) is 0 Å². The highest BCUT2D eigenvalue weighted by atomic mass is 16.1. The molecule has 0 aliphatic heterocycles. The Morgan fingerprint density at radius 2 is 1.88 bits per heavy atom. The van der Waals surface area contributed by atoms with E-state index in [0.717, 1.165) is 24.0 Å². The van der Waals surface area contributed by atoms with Gasteiger partial charge in [0.1, 0.15) is 0 Å². The molecule has 0 bridgehead atoms. The lowest BCUT2D eigenvalue weighted by atomic mass is 10.00. The minimum absolute atomic E-state index is 0.107. The Balaban J connectivity index is 2.12. The van der Waals surface area contributed by atoms with Crippen LogP contribution in [-0.4, -0.2) is 10.8 Å². The summed E-state index contributed by atoms with van der Waals surface area (Å²) in [5, 5.41) is 0. The third kappa shape index (κ3) is 3.00. The van der Waals surface area contributed by atoms with E-state index in [0.29, 0.717) is 0 Å². The maximum absolute atomic E-state index is 11.4. The summed E-state index contributed by atoms with van der Waals surface area (Å²) in [7, 11) is 0. The molecular formula is C15H15NO. The largest absolute Gasteiger partial charge is 0.294 e. The fourth-order valence-electron chi connectivity index (χ4n) is 1.89. The topological polar surface area (TPSA) is 30.0 Å². The summed E-state index contributed by atoms with van der Waals surface area (Å²) in [6.07, 6.45) is 5.25. The zero-order chi connectivity index (χ0) is 12.1. The van der Waals surface area contributed by atoms with Gasteiger partial charge in [-0.1, -0.05) is 30.3 Å². The van der Waals surface area contributed by atoms with E-state index in [1.54, 1.807) is 25.4 Å². The highest BCUT2D eigenvalue weighted by Crippen LogP contribution is 2.11. The third-order valence-corrected chi connectivity index (χ3v) is 2.81. The molecule has 1 heterocycles. The van der Waals surface area contributed by atoms with E-state index in [-0.39, 0.29) is 5.78 Å². The van der Waals surface area contributed by atoms with Crippen LogP contribution in [0.1, 0.15) is 28.4 Å². The summed E-state index contributed by atoms with van der Waals surface area (Å²) in [6, 6.07) is 12.1. The Hall–Kier alpha value is -1.96. The Kier molecular flexibility index (Phi) is 3.66. The lowest BCUT2D eigenvalue weighted by Crippen LogP contribution is -2.02. The van der Waals surface area contributed by atoms with Crippen LogP contribution in [-0.2, 0) is 12.8 Å². The number of aryl methyl sites for hydroxylation is 2. The Bertz CT molecular complexity index is 505. The normalized spacial score (nSPS) is 10.2. The standard InChI is InChI=1S/C15H15NO/c1-12(17)15-9-10-16-11-14(15)8-7-13-5-3-2-4-6-13/h2-6,9-11H,7-8H2,1H3. The van der Waals surface area contributed by atoms with Gasteiger partial charge < -0.3 is 0 Å². The highest BCUT2D eigenvalue weighted by Gasteiger charge is 2.06. The number of carbonyl (C=O) groups is 1. The predicted molar refractivity (Wildman–Crippen MR) is 68.1 cm³/mol. The number of hydrogen-bond acceptors (Lipinski definition) is 2. The number of rotatable bonds is 4. The SMILES string of the molecule is CC(=O)c1ccncc1CCc1ccccc1. The quantitative estimate of drug-likeness (QED) is 0.748. The van der Waals surface area contributed by atoms with Gasteiger partial charge in [0.2, 0.25) is 0 Å². The van der Waals surface area contributed by atoms with Crippen LogP contribution in [0.15, 0.2) is 48.8 Å². The molecule has 2 nitrogen and oxygen atoms in total. The first-order chi connectivity index (χ1) is 8.27. The van der Waals surface area contributed by atoms with Crippen LogP contribution in [0.3, 0.4) is 0 Å². The summed E-state index contributed by atoms with van der Waals surface area (Å²) in [5.41, 5.74) is 3.10. The van der Waals surface area contributed by atoms with Gasteiger partial charge in [0.15, 0.2) is 5.78 Å². The first-order valence-electron chi connectivity index (χ1n) is 5.75. The molecule has 0 saturated carbocycles. The van der Waals surface area contributed by atoms with Gasteiger partial charge in [0, 0.05) is 18.0 Å². The Morgan fingerprint density at radius 1 is 1.12 bits per heavy atom. The van der Waals surface area contributed by atoms with Gasteiger partial charge in [-0.2, -0.15) is 0 Å². The van der Waals surface area contributed by atoms with Crippen molar-refractivity contribution >= 4 is 5.78 Å². The van der Waals surface area contributed by atoms with E-state index in [1.807, 2.05) is 18.2 Å². The van der Waals surface area contributed by atoms with E-state index in [2.05, 4.69) is 17.1 Å². The van der Waals surface area contributed by atoms with Crippen molar-refractivity contribution in [3.05, 3.63) is 65.5 Å². The molecule has 2 heteroatoms. The summed E-state index contributed by atoms with van der Waals surface area (Å²) >= 11 is 0. The van der Waals surface area contributed by atoms with Gasteiger partial charge in [-0.15, -0.1) is 0 Å².